The van der Waals surface area contributed by atoms with Gasteiger partial charge >= 0.3 is 0 Å². The van der Waals surface area contributed by atoms with E-state index in [1.807, 2.05) is 30.3 Å². The second kappa shape index (κ2) is 10.2. The fourth-order valence-corrected chi connectivity index (χ4v) is 3.23. The monoisotopic (exact) mass is 373 g/mol. The van der Waals surface area contributed by atoms with Crippen LogP contribution in [0.3, 0.4) is 0 Å². The second-order valence-electron chi connectivity index (χ2n) is 6.81. The van der Waals surface area contributed by atoms with Crippen molar-refractivity contribution in [2.24, 2.45) is 11.7 Å². The molecule has 1 atom stereocenters. The quantitative estimate of drug-likeness (QED) is 0.805. The summed E-state index contributed by atoms with van der Waals surface area (Å²) in [6.07, 6.45) is 5.33. The number of likely N-dealkylation sites (tertiary alicyclic amines) is 1. The molecule has 0 spiro atoms. The molecule has 1 aromatic rings. The van der Waals surface area contributed by atoms with Crippen LogP contribution in [0.15, 0.2) is 30.3 Å². The Morgan fingerprint density at radius 2 is 1.75 bits per heavy atom. The zero-order valence-electron chi connectivity index (χ0n) is 14.0. The Hall–Kier alpha value is -0.810. The molecule has 1 heterocycles. The van der Waals surface area contributed by atoms with E-state index in [0.717, 1.165) is 37.4 Å². The molecule has 1 aliphatic heterocycles. The largest absolute Gasteiger partial charge is 0.353 e. The van der Waals surface area contributed by atoms with Gasteiger partial charge in [0.2, 0.25) is 5.91 Å². The van der Waals surface area contributed by atoms with Crippen LogP contribution in [-0.2, 0) is 4.79 Å². The van der Waals surface area contributed by atoms with E-state index in [0.29, 0.717) is 12.5 Å². The Morgan fingerprint density at radius 3 is 2.33 bits per heavy atom. The molecule has 0 aromatic heterocycles. The number of nitrogens with one attached hydrogen (secondary N) is 1. The number of piperidine rings is 1. The van der Waals surface area contributed by atoms with Crippen molar-refractivity contribution >= 4 is 30.7 Å². The standard InChI is InChI=1S/C18H27N3O.2ClH/c19-17(15-4-2-1-3-5-15)12-18(22)20-16-8-10-21(11-9-16)13-14-6-7-14;;/h1-5,14,16-17H,6-13,19H2,(H,20,22);2*1H. The summed E-state index contributed by atoms with van der Waals surface area (Å²) in [5.41, 5.74) is 7.14. The van der Waals surface area contributed by atoms with E-state index in [9.17, 15) is 4.79 Å². The summed E-state index contributed by atoms with van der Waals surface area (Å²) in [5.74, 6) is 1.03. The van der Waals surface area contributed by atoms with Crippen LogP contribution < -0.4 is 11.1 Å². The Morgan fingerprint density at radius 1 is 1.12 bits per heavy atom. The Bertz CT molecular complexity index is 488. The molecule has 136 valence electrons. The maximum Gasteiger partial charge on any atom is 0.222 e. The van der Waals surface area contributed by atoms with Crippen molar-refractivity contribution in [3.05, 3.63) is 35.9 Å². The molecule has 1 unspecified atom stereocenters. The molecular weight excluding hydrogens is 345 g/mol. The highest BCUT2D eigenvalue weighted by molar-refractivity contribution is 5.85. The van der Waals surface area contributed by atoms with Gasteiger partial charge in [-0.1, -0.05) is 30.3 Å². The minimum absolute atomic E-state index is 0. The van der Waals surface area contributed by atoms with Gasteiger partial charge in [0, 0.05) is 38.1 Å². The molecule has 0 radical (unpaired) electrons. The summed E-state index contributed by atoms with van der Waals surface area (Å²) in [6, 6.07) is 9.96. The summed E-state index contributed by atoms with van der Waals surface area (Å²) in [7, 11) is 0. The zero-order valence-corrected chi connectivity index (χ0v) is 15.7. The maximum absolute atomic E-state index is 12.2. The van der Waals surface area contributed by atoms with E-state index in [1.165, 1.54) is 19.4 Å². The van der Waals surface area contributed by atoms with Crippen LogP contribution in [0.4, 0.5) is 0 Å². The molecule has 0 bridgehead atoms. The van der Waals surface area contributed by atoms with Crippen LogP contribution in [0.1, 0.15) is 43.7 Å². The number of nitrogens with zero attached hydrogens (tertiary/aromatic N) is 1. The molecule has 3 rings (SSSR count). The van der Waals surface area contributed by atoms with Gasteiger partial charge in [-0.2, -0.15) is 0 Å². The number of benzene rings is 1. The van der Waals surface area contributed by atoms with Gasteiger partial charge in [-0.3, -0.25) is 4.79 Å². The van der Waals surface area contributed by atoms with E-state index in [-0.39, 0.29) is 36.8 Å². The molecule has 24 heavy (non-hydrogen) atoms. The number of halogens is 2. The number of hydrogen-bond acceptors (Lipinski definition) is 3. The Labute approximate surface area is 157 Å². The van der Waals surface area contributed by atoms with Crippen LogP contribution in [-0.4, -0.2) is 36.5 Å². The summed E-state index contributed by atoms with van der Waals surface area (Å²) >= 11 is 0. The van der Waals surface area contributed by atoms with Crippen LogP contribution >= 0.6 is 24.8 Å². The van der Waals surface area contributed by atoms with Gasteiger partial charge in [-0.25, -0.2) is 0 Å². The van der Waals surface area contributed by atoms with E-state index in [4.69, 9.17) is 5.73 Å². The van der Waals surface area contributed by atoms with Crippen molar-refractivity contribution in [2.75, 3.05) is 19.6 Å². The van der Waals surface area contributed by atoms with Crippen molar-refractivity contribution in [3.63, 3.8) is 0 Å². The van der Waals surface area contributed by atoms with E-state index < -0.39 is 0 Å². The lowest BCUT2D eigenvalue weighted by atomic mass is 10.0. The minimum Gasteiger partial charge on any atom is -0.353 e. The highest BCUT2D eigenvalue weighted by Gasteiger charge is 2.27. The molecular formula is C18H29Cl2N3O. The van der Waals surface area contributed by atoms with E-state index in [2.05, 4.69) is 10.2 Å². The number of carbonyl (C=O) groups excluding carboxylic acids is 1. The molecule has 1 aromatic carbocycles. The third-order valence-electron chi connectivity index (χ3n) is 4.80. The smallest absolute Gasteiger partial charge is 0.222 e. The van der Waals surface area contributed by atoms with Gasteiger partial charge < -0.3 is 16.0 Å². The predicted octanol–water partition coefficient (Wildman–Crippen LogP) is 2.91. The summed E-state index contributed by atoms with van der Waals surface area (Å²) in [4.78, 5) is 14.7. The molecule has 4 nitrogen and oxygen atoms in total. The number of rotatable bonds is 6. The third-order valence-corrected chi connectivity index (χ3v) is 4.80. The lowest BCUT2D eigenvalue weighted by molar-refractivity contribution is -0.122. The summed E-state index contributed by atoms with van der Waals surface area (Å²) < 4.78 is 0. The lowest BCUT2D eigenvalue weighted by Gasteiger charge is -2.32. The van der Waals surface area contributed by atoms with Crippen LogP contribution in [0.5, 0.6) is 0 Å². The Balaban J connectivity index is 0.00000144. The topological polar surface area (TPSA) is 58.4 Å². The van der Waals surface area contributed by atoms with Gasteiger partial charge in [0.15, 0.2) is 0 Å². The first-order chi connectivity index (χ1) is 10.7. The molecule has 1 saturated carbocycles. The van der Waals surface area contributed by atoms with E-state index >= 15 is 0 Å². The van der Waals surface area contributed by atoms with Crippen LogP contribution in [0, 0.1) is 5.92 Å². The minimum atomic E-state index is -0.212. The van der Waals surface area contributed by atoms with Crippen molar-refractivity contribution in [1.29, 1.82) is 0 Å². The first-order valence-electron chi connectivity index (χ1n) is 8.53. The van der Waals surface area contributed by atoms with Crippen molar-refractivity contribution in [2.45, 2.75) is 44.2 Å². The number of carbonyl (C=O) groups is 1. The second-order valence-corrected chi connectivity index (χ2v) is 6.81. The van der Waals surface area contributed by atoms with Gasteiger partial charge in [-0.15, -0.1) is 24.8 Å². The SMILES string of the molecule is Cl.Cl.NC(CC(=O)NC1CCN(CC2CC2)CC1)c1ccccc1. The molecule has 1 amide bonds. The molecule has 2 fully saturated rings. The van der Waals surface area contributed by atoms with Gasteiger partial charge in [0.25, 0.3) is 0 Å². The average molecular weight is 374 g/mol. The van der Waals surface area contributed by atoms with Crippen LogP contribution in [0.25, 0.3) is 0 Å². The fourth-order valence-electron chi connectivity index (χ4n) is 3.23. The maximum atomic E-state index is 12.2. The molecule has 3 N–H and O–H groups in total. The zero-order chi connectivity index (χ0) is 15.4. The fraction of sp³-hybridized carbons (Fsp3) is 0.611. The average Bonchev–Trinajstić information content (AvgIpc) is 3.34. The molecule has 2 aliphatic rings. The first-order valence-corrected chi connectivity index (χ1v) is 8.53. The van der Waals surface area contributed by atoms with Crippen molar-refractivity contribution in [1.82, 2.24) is 10.2 Å². The lowest BCUT2D eigenvalue weighted by Crippen LogP contribution is -2.45. The van der Waals surface area contributed by atoms with Crippen LogP contribution in [0.2, 0.25) is 0 Å². The van der Waals surface area contributed by atoms with E-state index in [1.54, 1.807) is 0 Å². The molecule has 1 aliphatic carbocycles. The van der Waals surface area contributed by atoms with Crippen molar-refractivity contribution in [3.8, 4) is 0 Å². The van der Waals surface area contributed by atoms with Gasteiger partial charge in [-0.05, 0) is 37.2 Å². The van der Waals surface area contributed by atoms with Gasteiger partial charge in [0.05, 0.1) is 0 Å². The van der Waals surface area contributed by atoms with Crippen molar-refractivity contribution < 1.29 is 4.79 Å². The number of hydrogen-bond donors (Lipinski definition) is 2. The number of amides is 1. The summed E-state index contributed by atoms with van der Waals surface area (Å²) in [5, 5.41) is 3.16. The highest BCUT2D eigenvalue weighted by Crippen LogP contribution is 2.30. The first kappa shape index (κ1) is 21.2. The Kier molecular flexibility index (Phi) is 9.06. The third kappa shape index (κ3) is 6.60. The highest BCUT2D eigenvalue weighted by atomic mass is 35.5. The normalized spacial score (nSPS) is 19.7. The predicted molar refractivity (Wildman–Crippen MR) is 103 cm³/mol. The van der Waals surface area contributed by atoms with Gasteiger partial charge in [0.1, 0.15) is 0 Å². The number of nitrogens with two attached hydrogens (primary N) is 1. The molecule has 1 saturated heterocycles. The molecule has 6 heteroatoms. The summed E-state index contributed by atoms with van der Waals surface area (Å²) in [6.45, 7) is 3.50.